The number of ketones is 1. The SMILES string of the molecule is CC(=O)c1cccc(OCCOCC[NH+]2C[C@@H](C)O[C@H](C)C2)c1. The predicted octanol–water partition coefficient (Wildman–Crippen LogP) is 0.977. The zero-order valence-corrected chi connectivity index (χ0v) is 14.3. The van der Waals surface area contributed by atoms with Gasteiger partial charge in [0.1, 0.15) is 44.2 Å². The second kappa shape index (κ2) is 9.01. The molecule has 1 saturated heterocycles. The Balaban J connectivity index is 1.59. The zero-order valence-electron chi connectivity index (χ0n) is 14.3. The van der Waals surface area contributed by atoms with Crippen LogP contribution in [-0.2, 0) is 9.47 Å². The summed E-state index contributed by atoms with van der Waals surface area (Å²) in [4.78, 5) is 12.9. The summed E-state index contributed by atoms with van der Waals surface area (Å²) >= 11 is 0. The van der Waals surface area contributed by atoms with E-state index in [1.54, 1.807) is 19.1 Å². The minimum absolute atomic E-state index is 0.0450. The fourth-order valence-corrected chi connectivity index (χ4v) is 2.94. The van der Waals surface area contributed by atoms with Crippen molar-refractivity contribution in [3.8, 4) is 5.75 Å². The fraction of sp³-hybridized carbons (Fsp3) is 0.611. The summed E-state index contributed by atoms with van der Waals surface area (Å²) < 4.78 is 17.0. The van der Waals surface area contributed by atoms with Gasteiger partial charge < -0.3 is 19.1 Å². The molecule has 128 valence electrons. The minimum Gasteiger partial charge on any atom is -0.491 e. The average molecular weight is 322 g/mol. The van der Waals surface area contributed by atoms with Crippen molar-refractivity contribution in [1.82, 2.24) is 0 Å². The van der Waals surface area contributed by atoms with Gasteiger partial charge in [0.05, 0.1) is 13.2 Å². The monoisotopic (exact) mass is 322 g/mol. The Hall–Kier alpha value is -1.43. The van der Waals surface area contributed by atoms with Gasteiger partial charge in [0.15, 0.2) is 5.78 Å². The molecule has 0 saturated carbocycles. The number of Topliss-reactive ketones (excluding diaryl/α,β-unsaturated/α-hetero) is 1. The molecule has 1 aromatic carbocycles. The van der Waals surface area contributed by atoms with E-state index in [-0.39, 0.29) is 5.78 Å². The summed E-state index contributed by atoms with van der Waals surface area (Å²) in [6.07, 6.45) is 0.649. The Kier molecular flexibility index (Phi) is 7.02. The van der Waals surface area contributed by atoms with Crippen LogP contribution in [0.5, 0.6) is 5.75 Å². The van der Waals surface area contributed by atoms with E-state index in [2.05, 4.69) is 13.8 Å². The number of ether oxygens (including phenoxy) is 3. The van der Waals surface area contributed by atoms with Crippen LogP contribution in [0.2, 0.25) is 0 Å². The van der Waals surface area contributed by atoms with E-state index in [9.17, 15) is 4.79 Å². The lowest BCUT2D eigenvalue weighted by Gasteiger charge is -2.32. The van der Waals surface area contributed by atoms with Gasteiger partial charge in [-0.2, -0.15) is 0 Å². The topological polar surface area (TPSA) is 49.2 Å². The Bertz CT molecular complexity index is 496. The first-order valence-electron chi connectivity index (χ1n) is 8.35. The molecule has 0 aromatic heterocycles. The van der Waals surface area contributed by atoms with E-state index in [4.69, 9.17) is 14.2 Å². The summed E-state index contributed by atoms with van der Waals surface area (Å²) in [6.45, 7) is 10.7. The number of hydrogen-bond acceptors (Lipinski definition) is 4. The fourth-order valence-electron chi connectivity index (χ4n) is 2.94. The van der Waals surface area contributed by atoms with Gasteiger partial charge in [-0.25, -0.2) is 0 Å². The highest BCUT2D eigenvalue weighted by Gasteiger charge is 2.24. The van der Waals surface area contributed by atoms with Crippen LogP contribution in [-0.4, -0.2) is 57.4 Å². The molecule has 23 heavy (non-hydrogen) atoms. The van der Waals surface area contributed by atoms with Crippen LogP contribution in [0.3, 0.4) is 0 Å². The summed E-state index contributed by atoms with van der Waals surface area (Å²) in [5.74, 6) is 0.756. The van der Waals surface area contributed by atoms with Gasteiger partial charge in [-0.3, -0.25) is 4.79 Å². The smallest absolute Gasteiger partial charge is 0.159 e. The van der Waals surface area contributed by atoms with Crippen molar-refractivity contribution in [2.75, 3.05) is 39.5 Å². The minimum atomic E-state index is 0.0450. The number of nitrogens with one attached hydrogen (secondary N) is 1. The molecule has 0 spiro atoms. The highest BCUT2D eigenvalue weighted by Crippen LogP contribution is 2.13. The molecule has 1 fully saturated rings. The average Bonchev–Trinajstić information content (AvgIpc) is 2.50. The largest absolute Gasteiger partial charge is 0.491 e. The van der Waals surface area contributed by atoms with Crippen molar-refractivity contribution in [2.24, 2.45) is 0 Å². The third-order valence-electron chi connectivity index (χ3n) is 3.95. The van der Waals surface area contributed by atoms with Gasteiger partial charge in [-0.1, -0.05) is 12.1 Å². The van der Waals surface area contributed by atoms with Crippen molar-refractivity contribution in [3.05, 3.63) is 29.8 Å². The van der Waals surface area contributed by atoms with Crippen molar-refractivity contribution < 1.29 is 23.9 Å². The molecule has 2 atom stereocenters. The quantitative estimate of drug-likeness (QED) is 0.572. The molecule has 0 bridgehead atoms. The molecule has 0 amide bonds. The maximum Gasteiger partial charge on any atom is 0.159 e. The number of carbonyl (C=O) groups excluding carboxylic acids is 1. The summed E-state index contributed by atoms with van der Waals surface area (Å²) in [5.41, 5.74) is 0.669. The molecule has 0 unspecified atom stereocenters. The van der Waals surface area contributed by atoms with Crippen LogP contribution in [0.4, 0.5) is 0 Å². The van der Waals surface area contributed by atoms with Crippen LogP contribution in [0.1, 0.15) is 31.1 Å². The zero-order chi connectivity index (χ0) is 16.7. The molecule has 0 radical (unpaired) electrons. The Labute approximate surface area is 138 Å². The lowest BCUT2D eigenvalue weighted by Crippen LogP contribution is -3.15. The van der Waals surface area contributed by atoms with Crippen molar-refractivity contribution in [2.45, 2.75) is 33.0 Å². The van der Waals surface area contributed by atoms with Crippen LogP contribution < -0.4 is 9.64 Å². The second-order valence-electron chi connectivity index (χ2n) is 6.21. The van der Waals surface area contributed by atoms with Crippen molar-refractivity contribution in [1.29, 1.82) is 0 Å². The molecular weight excluding hydrogens is 294 g/mol. The predicted molar refractivity (Wildman–Crippen MR) is 88.3 cm³/mol. The molecule has 2 rings (SSSR count). The number of rotatable bonds is 8. The molecular formula is C18H28NO4+. The van der Waals surface area contributed by atoms with Gasteiger partial charge in [-0.05, 0) is 32.9 Å². The van der Waals surface area contributed by atoms with Crippen LogP contribution >= 0.6 is 0 Å². The highest BCUT2D eigenvalue weighted by atomic mass is 16.5. The first-order valence-corrected chi connectivity index (χ1v) is 8.35. The van der Waals surface area contributed by atoms with Gasteiger partial charge in [0, 0.05) is 5.56 Å². The number of hydrogen-bond donors (Lipinski definition) is 1. The molecule has 1 aromatic rings. The van der Waals surface area contributed by atoms with Gasteiger partial charge in [0.2, 0.25) is 0 Å². The summed E-state index contributed by atoms with van der Waals surface area (Å²) in [6, 6.07) is 7.24. The number of carbonyl (C=O) groups is 1. The normalized spacial score (nSPS) is 24.4. The van der Waals surface area contributed by atoms with E-state index in [0.29, 0.717) is 36.7 Å². The highest BCUT2D eigenvalue weighted by molar-refractivity contribution is 5.94. The maximum atomic E-state index is 11.3. The van der Waals surface area contributed by atoms with Gasteiger partial charge >= 0.3 is 0 Å². The Morgan fingerprint density at radius 3 is 2.65 bits per heavy atom. The summed E-state index contributed by atoms with van der Waals surface area (Å²) in [5, 5.41) is 0. The van der Waals surface area contributed by atoms with Gasteiger partial charge in [-0.15, -0.1) is 0 Å². The Morgan fingerprint density at radius 2 is 1.96 bits per heavy atom. The molecule has 1 aliphatic rings. The third-order valence-corrected chi connectivity index (χ3v) is 3.95. The van der Waals surface area contributed by atoms with Crippen LogP contribution in [0.15, 0.2) is 24.3 Å². The Morgan fingerprint density at radius 1 is 1.22 bits per heavy atom. The number of benzene rings is 1. The summed E-state index contributed by atoms with van der Waals surface area (Å²) in [7, 11) is 0. The number of morpholine rings is 1. The maximum absolute atomic E-state index is 11.3. The van der Waals surface area contributed by atoms with E-state index in [0.717, 1.165) is 26.2 Å². The lowest BCUT2D eigenvalue weighted by molar-refractivity contribution is -0.915. The molecule has 0 aliphatic carbocycles. The van der Waals surface area contributed by atoms with Crippen molar-refractivity contribution >= 4 is 5.78 Å². The van der Waals surface area contributed by atoms with E-state index < -0.39 is 0 Å². The number of quaternary nitrogens is 1. The lowest BCUT2D eigenvalue weighted by atomic mass is 10.1. The standard InChI is InChI=1S/C18H27NO4/c1-14-12-19(13-15(2)23-14)7-8-21-9-10-22-18-6-4-5-17(11-18)16(3)20/h4-6,11,14-15H,7-10,12-13H2,1-3H3/p+1/t14-,15-/m1/s1. The second-order valence-corrected chi connectivity index (χ2v) is 6.21. The first kappa shape index (κ1) is 17.9. The van der Waals surface area contributed by atoms with Gasteiger partial charge in [0.25, 0.3) is 0 Å². The van der Waals surface area contributed by atoms with E-state index in [1.807, 2.05) is 12.1 Å². The first-order chi connectivity index (χ1) is 11.0. The third kappa shape index (κ3) is 6.29. The van der Waals surface area contributed by atoms with Crippen LogP contribution in [0, 0.1) is 0 Å². The molecule has 1 heterocycles. The van der Waals surface area contributed by atoms with Crippen LogP contribution in [0.25, 0.3) is 0 Å². The molecule has 1 aliphatic heterocycles. The molecule has 5 heteroatoms. The van der Waals surface area contributed by atoms with E-state index >= 15 is 0 Å². The van der Waals surface area contributed by atoms with Crippen molar-refractivity contribution in [3.63, 3.8) is 0 Å². The van der Waals surface area contributed by atoms with E-state index in [1.165, 1.54) is 4.90 Å². The molecule has 1 N–H and O–H groups in total. The molecule has 5 nitrogen and oxygen atoms in total.